The zero-order valence-corrected chi connectivity index (χ0v) is 42.9. The molecule has 0 N–H and O–H groups in total. The predicted octanol–water partition coefficient (Wildman–Crippen LogP) is 6.36. The molecule has 0 amide bonds. The van der Waals surface area contributed by atoms with Crippen molar-refractivity contribution >= 4 is 35.8 Å². The Morgan fingerprint density at radius 3 is 1.00 bits per heavy atom. The van der Waals surface area contributed by atoms with E-state index in [-0.39, 0.29) is 104 Å². The number of carbonyl (C=O) groups is 6. The number of esters is 6. The van der Waals surface area contributed by atoms with E-state index < -0.39 is 70.3 Å². The molecule has 380 valence electrons. The Bertz CT molecular complexity index is 1750. The lowest BCUT2D eigenvalue weighted by Crippen LogP contribution is -2.54. The second kappa shape index (κ2) is 26.7. The Morgan fingerprint density at radius 2 is 0.721 bits per heavy atom. The van der Waals surface area contributed by atoms with E-state index in [1.165, 1.54) is 0 Å². The highest BCUT2D eigenvalue weighted by Gasteiger charge is 2.35. The Morgan fingerprint density at radius 1 is 0.426 bits per heavy atom. The molecule has 1 saturated heterocycles. The molecule has 0 bridgehead atoms. The maximum Gasteiger partial charge on any atom is 0.323 e. The summed E-state index contributed by atoms with van der Waals surface area (Å²) in [6.45, 7) is 23.4. The van der Waals surface area contributed by atoms with Crippen LogP contribution in [0, 0.1) is 0 Å². The smallest absolute Gasteiger partial charge is 0.323 e. The Kier molecular flexibility index (Phi) is 22.6. The second-order valence-corrected chi connectivity index (χ2v) is 21.3. The van der Waals surface area contributed by atoms with Gasteiger partial charge in [-0.3, -0.25) is 48.4 Å². The van der Waals surface area contributed by atoms with E-state index in [4.69, 9.17) is 28.4 Å². The van der Waals surface area contributed by atoms with Crippen molar-refractivity contribution in [2.45, 2.75) is 156 Å². The van der Waals surface area contributed by atoms with Crippen LogP contribution in [0.5, 0.6) is 0 Å². The number of hydrogen-bond donors (Lipinski definition) is 0. The van der Waals surface area contributed by atoms with Crippen LogP contribution in [-0.4, -0.2) is 155 Å². The molecule has 16 heteroatoms. The molecule has 1 aliphatic rings. The number of carbonyl (C=O) groups excluding carboxylic acids is 6. The zero-order chi connectivity index (χ0) is 50.7. The first-order valence-corrected chi connectivity index (χ1v) is 23.9. The minimum Gasteiger partial charge on any atom is -0.461 e. The first-order valence-electron chi connectivity index (χ1n) is 23.9. The normalized spacial score (nSPS) is 16.5. The van der Waals surface area contributed by atoms with Crippen LogP contribution in [0.15, 0.2) is 60.7 Å². The molecule has 0 aliphatic carbocycles. The van der Waals surface area contributed by atoms with Crippen LogP contribution in [-0.2, 0) is 70.4 Å². The van der Waals surface area contributed by atoms with Gasteiger partial charge in [-0.15, -0.1) is 0 Å². The summed E-state index contributed by atoms with van der Waals surface area (Å²) < 4.78 is 34.7. The zero-order valence-electron chi connectivity index (χ0n) is 42.9. The number of nitrogens with zero attached hydrogens (tertiary/aromatic N) is 4. The van der Waals surface area contributed by atoms with E-state index in [1.54, 1.807) is 83.1 Å². The van der Waals surface area contributed by atoms with Gasteiger partial charge in [0.25, 0.3) is 0 Å². The number of hydrogen-bond acceptors (Lipinski definition) is 16. The van der Waals surface area contributed by atoms with E-state index >= 15 is 0 Å². The molecule has 68 heavy (non-hydrogen) atoms. The van der Waals surface area contributed by atoms with E-state index in [1.807, 2.05) is 80.3 Å². The van der Waals surface area contributed by atoms with Crippen molar-refractivity contribution in [3.63, 3.8) is 0 Å². The molecule has 2 aromatic carbocycles. The predicted molar refractivity (Wildman–Crippen MR) is 258 cm³/mol. The Hall–Kier alpha value is -4.90. The molecular formula is C52H80N4O12. The third-order valence-electron chi connectivity index (χ3n) is 10.3. The van der Waals surface area contributed by atoms with Gasteiger partial charge in [-0.2, -0.15) is 0 Å². The summed E-state index contributed by atoms with van der Waals surface area (Å²) in [7, 11) is 0. The molecule has 0 radical (unpaired) electrons. The van der Waals surface area contributed by atoms with Crippen molar-refractivity contribution in [3.05, 3.63) is 71.8 Å². The summed E-state index contributed by atoms with van der Waals surface area (Å²) in [5.41, 5.74) is -1.53. The van der Waals surface area contributed by atoms with Crippen molar-refractivity contribution in [2.75, 3.05) is 65.4 Å². The number of rotatable bonds is 18. The molecule has 0 spiro atoms. The van der Waals surface area contributed by atoms with Crippen LogP contribution >= 0.6 is 0 Å². The van der Waals surface area contributed by atoms with Crippen molar-refractivity contribution in [3.8, 4) is 0 Å². The number of benzene rings is 2. The van der Waals surface area contributed by atoms with E-state index in [0.717, 1.165) is 11.1 Å². The highest BCUT2D eigenvalue weighted by atomic mass is 16.6. The van der Waals surface area contributed by atoms with Crippen LogP contribution in [0.25, 0.3) is 0 Å². The Labute approximate surface area is 405 Å². The van der Waals surface area contributed by atoms with E-state index in [0.29, 0.717) is 0 Å². The molecule has 3 rings (SSSR count). The van der Waals surface area contributed by atoms with Crippen LogP contribution in [0.2, 0.25) is 0 Å². The summed E-state index contributed by atoms with van der Waals surface area (Å²) in [6.07, 6.45) is 0.0220. The van der Waals surface area contributed by atoms with Crippen LogP contribution in [0.4, 0.5) is 0 Å². The van der Waals surface area contributed by atoms with Crippen molar-refractivity contribution in [2.24, 2.45) is 0 Å². The van der Waals surface area contributed by atoms with Crippen molar-refractivity contribution < 1.29 is 57.2 Å². The van der Waals surface area contributed by atoms with E-state index in [9.17, 15) is 28.8 Å². The third-order valence-corrected chi connectivity index (χ3v) is 10.3. The lowest BCUT2D eigenvalue weighted by atomic mass is 10.1. The third kappa shape index (κ3) is 24.4. The van der Waals surface area contributed by atoms with Gasteiger partial charge in [0.2, 0.25) is 0 Å². The average molecular weight is 953 g/mol. The fraction of sp³-hybridized carbons (Fsp3) is 0.654. The molecule has 0 aromatic heterocycles. The quantitative estimate of drug-likeness (QED) is 0.119. The van der Waals surface area contributed by atoms with Gasteiger partial charge in [-0.1, -0.05) is 60.7 Å². The summed E-state index contributed by atoms with van der Waals surface area (Å²) in [5.74, 6) is -2.90. The molecule has 16 nitrogen and oxygen atoms in total. The van der Waals surface area contributed by atoms with Crippen LogP contribution in [0.3, 0.4) is 0 Å². The highest BCUT2D eigenvalue weighted by molar-refractivity contribution is 5.78. The minimum absolute atomic E-state index is 0.0721. The van der Waals surface area contributed by atoms with Gasteiger partial charge < -0.3 is 28.4 Å². The second-order valence-electron chi connectivity index (χ2n) is 21.3. The van der Waals surface area contributed by atoms with Crippen LogP contribution in [0.1, 0.15) is 120 Å². The molecule has 2 atom stereocenters. The van der Waals surface area contributed by atoms with Crippen molar-refractivity contribution in [1.29, 1.82) is 0 Å². The lowest BCUT2D eigenvalue weighted by molar-refractivity contribution is -0.164. The van der Waals surface area contributed by atoms with Gasteiger partial charge in [-0.05, 0) is 107 Å². The minimum atomic E-state index is -0.900. The topological polar surface area (TPSA) is 171 Å². The molecule has 1 aliphatic heterocycles. The van der Waals surface area contributed by atoms with Gasteiger partial charge in [-0.25, -0.2) is 0 Å². The molecule has 2 aromatic rings. The van der Waals surface area contributed by atoms with Gasteiger partial charge in [0, 0.05) is 65.2 Å². The fourth-order valence-electron chi connectivity index (χ4n) is 7.35. The SMILES string of the molecule is CC(C)(C)OC(=O)CN1CCN(C(CCC(=O)OCc2ccccc2)C(=O)OC(C)(C)C)CCN(CC(=O)OC(C)(C)C)CCN(C(CCC(=O)OCc2ccccc2)C(=O)OC(C)(C)C)CC1. The maximum atomic E-state index is 14.2. The summed E-state index contributed by atoms with van der Waals surface area (Å²) in [5, 5.41) is 0. The first kappa shape index (κ1) is 57.4. The largest absolute Gasteiger partial charge is 0.461 e. The lowest BCUT2D eigenvalue weighted by Gasteiger charge is -2.38. The molecular weight excluding hydrogens is 873 g/mol. The van der Waals surface area contributed by atoms with E-state index in [2.05, 4.69) is 0 Å². The molecule has 1 fully saturated rings. The molecule has 2 unspecified atom stereocenters. The average Bonchev–Trinajstić information content (AvgIpc) is 3.20. The van der Waals surface area contributed by atoms with Gasteiger partial charge >= 0.3 is 35.8 Å². The van der Waals surface area contributed by atoms with Crippen LogP contribution < -0.4 is 0 Å². The van der Waals surface area contributed by atoms with Gasteiger partial charge in [0.15, 0.2) is 0 Å². The maximum absolute atomic E-state index is 14.2. The summed E-state index contributed by atoms with van der Waals surface area (Å²) in [4.78, 5) is 89.5. The Balaban J connectivity index is 2.03. The first-order chi connectivity index (χ1) is 31.6. The van der Waals surface area contributed by atoms with Gasteiger partial charge in [0.05, 0.1) is 13.1 Å². The van der Waals surface area contributed by atoms with Crippen molar-refractivity contribution in [1.82, 2.24) is 19.6 Å². The molecule has 0 saturated carbocycles. The standard InChI is InChI=1S/C52H80N4O12/c1-49(2,3)65-45(59)35-53-27-31-55(41(47(61)67-51(7,8)9)23-25-43(57)63-37-39-19-15-13-16-20-39)33-29-54(36-46(60)66-50(4,5)6)30-34-56(32-28-53)42(48(62)68-52(10,11)12)24-26-44(58)64-38-40-21-17-14-18-22-40/h13-22,41-42H,23-38H2,1-12H3. The molecule has 1 heterocycles. The fourth-order valence-corrected chi connectivity index (χ4v) is 7.35. The van der Waals surface area contributed by atoms with Gasteiger partial charge in [0.1, 0.15) is 47.7 Å². The summed E-state index contributed by atoms with van der Waals surface area (Å²) in [6, 6.07) is 16.8. The number of ether oxygens (including phenoxy) is 6. The highest BCUT2D eigenvalue weighted by Crippen LogP contribution is 2.20. The monoisotopic (exact) mass is 953 g/mol. The summed E-state index contributed by atoms with van der Waals surface area (Å²) >= 11 is 0.